The summed E-state index contributed by atoms with van der Waals surface area (Å²) >= 11 is 0. The number of carboxylic acids is 1. The maximum Gasteiger partial charge on any atom is 0.308 e. The normalized spacial score (nSPS) is 23.5. The molecule has 0 saturated carbocycles. The van der Waals surface area contributed by atoms with Crippen molar-refractivity contribution in [2.75, 3.05) is 7.05 Å². The van der Waals surface area contributed by atoms with E-state index in [1.807, 2.05) is 32.0 Å². The molecule has 102 valence electrons. The Morgan fingerprint density at radius 2 is 2.05 bits per heavy atom. The molecule has 1 aromatic rings. The molecule has 0 spiro atoms. The monoisotopic (exact) mass is 261 g/mol. The van der Waals surface area contributed by atoms with Crippen LogP contribution in [0.4, 0.5) is 0 Å². The molecule has 1 N–H and O–H groups in total. The fourth-order valence-corrected chi connectivity index (χ4v) is 2.82. The second-order valence-electron chi connectivity index (χ2n) is 5.22. The van der Waals surface area contributed by atoms with Crippen LogP contribution in [0.25, 0.3) is 0 Å². The quantitative estimate of drug-likeness (QED) is 0.888. The number of carbonyl (C=O) groups excluding carboxylic acids is 1. The lowest BCUT2D eigenvalue weighted by atomic mass is 9.82. The van der Waals surface area contributed by atoms with Crippen LogP contribution >= 0.6 is 0 Å². The summed E-state index contributed by atoms with van der Waals surface area (Å²) in [4.78, 5) is 24.9. The van der Waals surface area contributed by atoms with Gasteiger partial charge in [0.15, 0.2) is 0 Å². The van der Waals surface area contributed by atoms with Crippen molar-refractivity contribution < 1.29 is 14.7 Å². The molecule has 19 heavy (non-hydrogen) atoms. The number of hydrogen-bond donors (Lipinski definition) is 1. The first-order valence-electron chi connectivity index (χ1n) is 6.48. The molecule has 1 heterocycles. The fourth-order valence-electron chi connectivity index (χ4n) is 2.82. The fraction of sp³-hybridized carbons (Fsp3) is 0.467. The van der Waals surface area contributed by atoms with Gasteiger partial charge in [-0.15, -0.1) is 0 Å². The Bertz CT molecular complexity index is 524. The molecule has 0 aliphatic carbocycles. The van der Waals surface area contributed by atoms with Crippen LogP contribution in [0.3, 0.4) is 0 Å². The highest BCUT2D eigenvalue weighted by Gasteiger charge is 2.39. The molecule has 1 aliphatic heterocycles. The van der Waals surface area contributed by atoms with Crippen LogP contribution in [0.2, 0.25) is 0 Å². The summed E-state index contributed by atoms with van der Waals surface area (Å²) in [6.07, 6.45) is 0.728. The minimum absolute atomic E-state index is 0.0170. The third-order valence-corrected chi connectivity index (χ3v) is 4.14. The topological polar surface area (TPSA) is 57.6 Å². The molecule has 0 bridgehead atoms. The van der Waals surface area contributed by atoms with Crippen molar-refractivity contribution in [2.24, 2.45) is 5.92 Å². The molecular weight excluding hydrogens is 242 g/mol. The van der Waals surface area contributed by atoms with Gasteiger partial charge in [-0.2, -0.15) is 0 Å². The maximum atomic E-state index is 11.9. The van der Waals surface area contributed by atoms with Crippen LogP contribution in [-0.4, -0.2) is 28.9 Å². The number of amides is 1. The number of aryl methyl sites for hydroxylation is 1. The van der Waals surface area contributed by atoms with E-state index in [0.29, 0.717) is 12.8 Å². The Morgan fingerprint density at radius 1 is 1.37 bits per heavy atom. The first-order valence-corrected chi connectivity index (χ1v) is 6.48. The van der Waals surface area contributed by atoms with Crippen LogP contribution < -0.4 is 0 Å². The van der Waals surface area contributed by atoms with E-state index < -0.39 is 11.9 Å². The molecule has 1 aliphatic rings. The van der Waals surface area contributed by atoms with Crippen molar-refractivity contribution in [3.05, 3.63) is 34.9 Å². The van der Waals surface area contributed by atoms with Crippen LogP contribution in [0.5, 0.6) is 0 Å². The highest BCUT2D eigenvalue weighted by molar-refractivity contribution is 5.81. The van der Waals surface area contributed by atoms with Gasteiger partial charge in [0.1, 0.15) is 0 Å². The second kappa shape index (κ2) is 5.03. The largest absolute Gasteiger partial charge is 0.481 e. The third kappa shape index (κ3) is 2.35. The van der Waals surface area contributed by atoms with Gasteiger partial charge in [-0.25, -0.2) is 0 Å². The minimum Gasteiger partial charge on any atom is -0.481 e. The van der Waals surface area contributed by atoms with E-state index >= 15 is 0 Å². The van der Waals surface area contributed by atoms with Crippen molar-refractivity contribution >= 4 is 11.9 Å². The van der Waals surface area contributed by atoms with Gasteiger partial charge in [0.2, 0.25) is 5.91 Å². The number of carbonyl (C=O) groups is 2. The Labute approximate surface area is 113 Å². The van der Waals surface area contributed by atoms with Gasteiger partial charge in [0, 0.05) is 13.5 Å². The molecule has 4 nitrogen and oxygen atoms in total. The molecule has 4 heteroatoms. The van der Waals surface area contributed by atoms with Crippen LogP contribution in [0.15, 0.2) is 18.2 Å². The van der Waals surface area contributed by atoms with E-state index in [0.717, 1.165) is 16.7 Å². The van der Waals surface area contributed by atoms with E-state index in [4.69, 9.17) is 0 Å². The van der Waals surface area contributed by atoms with Gasteiger partial charge < -0.3 is 10.0 Å². The Morgan fingerprint density at radius 3 is 2.68 bits per heavy atom. The summed E-state index contributed by atoms with van der Waals surface area (Å²) < 4.78 is 0. The van der Waals surface area contributed by atoms with Crippen molar-refractivity contribution in [2.45, 2.75) is 32.7 Å². The summed E-state index contributed by atoms with van der Waals surface area (Å²) in [5.41, 5.74) is 3.14. The van der Waals surface area contributed by atoms with Crippen LogP contribution in [0.1, 0.15) is 35.6 Å². The third-order valence-electron chi connectivity index (χ3n) is 4.14. The number of benzene rings is 1. The molecular formula is C15H19NO3. The molecule has 1 aromatic carbocycles. The average Bonchev–Trinajstić information content (AvgIpc) is 2.36. The van der Waals surface area contributed by atoms with Crippen molar-refractivity contribution in [3.8, 4) is 0 Å². The SMILES string of the molecule is Cc1cccc(C2C(C(=O)O)CCC(=O)N2C)c1C. The van der Waals surface area contributed by atoms with Gasteiger partial charge >= 0.3 is 5.97 Å². The van der Waals surface area contributed by atoms with Gasteiger partial charge in [-0.3, -0.25) is 9.59 Å². The number of aliphatic carboxylic acids is 1. The van der Waals surface area contributed by atoms with Gasteiger partial charge in [-0.05, 0) is 37.0 Å². The number of hydrogen-bond acceptors (Lipinski definition) is 2. The van der Waals surface area contributed by atoms with Crippen LogP contribution in [0, 0.1) is 19.8 Å². The number of carboxylic acid groups (broad SMARTS) is 1. The zero-order valence-corrected chi connectivity index (χ0v) is 11.5. The average molecular weight is 261 g/mol. The van der Waals surface area contributed by atoms with Crippen molar-refractivity contribution in [1.29, 1.82) is 0 Å². The summed E-state index contributed by atoms with van der Waals surface area (Å²) in [7, 11) is 1.70. The second-order valence-corrected chi connectivity index (χ2v) is 5.22. The minimum atomic E-state index is -0.828. The van der Waals surface area contributed by atoms with E-state index in [1.165, 1.54) is 0 Å². The summed E-state index contributed by atoms with van der Waals surface area (Å²) in [5.74, 6) is -1.34. The predicted molar refractivity (Wildman–Crippen MR) is 71.8 cm³/mol. The predicted octanol–water partition coefficient (Wildman–Crippen LogP) is 2.30. The number of rotatable bonds is 2. The highest BCUT2D eigenvalue weighted by Crippen LogP contribution is 2.37. The lowest BCUT2D eigenvalue weighted by Crippen LogP contribution is -2.43. The van der Waals surface area contributed by atoms with Gasteiger partial charge in [0.05, 0.1) is 12.0 Å². The molecule has 1 fully saturated rings. The maximum absolute atomic E-state index is 11.9. The number of likely N-dealkylation sites (tertiary alicyclic amines) is 1. The number of piperidine rings is 1. The summed E-state index contributed by atoms with van der Waals surface area (Å²) in [6.45, 7) is 3.98. The Balaban J connectivity index is 2.50. The zero-order valence-electron chi connectivity index (χ0n) is 11.5. The molecule has 0 aromatic heterocycles. The smallest absolute Gasteiger partial charge is 0.308 e. The molecule has 2 unspecified atom stereocenters. The Hall–Kier alpha value is -1.84. The van der Waals surface area contributed by atoms with E-state index in [-0.39, 0.29) is 11.9 Å². The van der Waals surface area contributed by atoms with Gasteiger partial charge in [0.25, 0.3) is 0 Å². The summed E-state index contributed by atoms with van der Waals surface area (Å²) in [5, 5.41) is 9.40. The molecule has 1 saturated heterocycles. The standard InChI is InChI=1S/C15H19NO3/c1-9-5-4-6-11(10(9)2)14-12(15(18)19)7-8-13(17)16(14)3/h4-6,12,14H,7-8H2,1-3H3,(H,18,19). The zero-order chi connectivity index (χ0) is 14.2. The lowest BCUT2D eigenvalue weighted by Gasteiger charge is -2.38. The highest BCUT2D eigenvalue weighted by atomic mass is 16.4. The lowest BCUT2D eigenvalue weighted by molar-refractivity contribution is -0.150. The van der Waals surface area contributed by atoms with Crippen molar-refractivity contribution in [3.63, 3.8) is 0 Å². The first-order chi connectivity index (χ1) is 8.93. The molecule has 0 radical (unpaired) electrons. The molecule has 1 amide bonds. The molecule has 2 rings (SSSR count). The number of nitrogens with zero attached hydrogens (tertiary/aromatic N) is 1. The van der Waals surface area contributed by atoms with E-state index in [9.17, 15) is 14.7 Å². The summed E-state index contributed by atoms with van der Waals surface area (Å²) in [6, 6.07) is 5.49. The van der Waals surface area contributed by atoms with Crippen LogP contribution in [-0.2, 0) is 9.59 Å². The first kappa shape index (κ1) is 13.6. The van der Waals surface area contributed by atoms with Crippen molar-refractivity contribution in [1.82, 2.24) is 4.90 Å². The molecule has 2 atom stereocenters. The van der Waals surface area contributed by atoms with Gasteiger partial charge in [-0.1, -0.05) is 18.2 Å². The Kier molecular flexibility index (Phi) is 3.60. The van der Waals surface area contributed by atoms with E-state index in [1.54, 1.807) is 11.9 Å². The van der Waals surface area contributed by atoms with E-state index in [2.05, 4.69) is 0 Å².